The highest BCUT2D eigenvalue weighted by Gasteiger charge is 2.21. The summed E-state index contributed by atoms with van der Waals surface area (Å²) in [7, 11) is -3.94. The summed E-state index contributed by atoms with van der Waals surface area (Å²) in [5.74, 6) is 0.212. The summed E-state index contributed by atoms with van der Waals surface area (Å²) in [6, 6.07) is 26.7. The predicted octanol–water partition coefficient (Wildman–Crippen LogP) is 7.37. The lowest BCUT2D eigenvalue weighted by molar-refractivity contribution is 0.371. The monoisotopic (exact) mass is 533 g/mol. The molecule has 1 aromatic heterocycles. The molecule has 3 aromatic carbocycles. The van der Waals surface area contributed by atoms with Gasteiger partial charge in [-0.2, -0.15) is 0 Å². The minimum absolute atomic E-state index is 0.0873. The Bertz CT molecular complexity index is 1380. The first-order valence-electron chi connectivity index (χ1n) is 12.7. The van der Waals surface area contributed by atoms with Gasteiger partial charge in [0.05, 0.1) is 6.16 Å². The third kappa shape index (κ3) is 7.73. The van der Waals surface area contributed by atoms with Gasteiger partial charge in [-0.1, -0.05) is 66.2 Å². The smallest absolute Gasteiger partial charge is 0.324 e. The summed E-state index contributed by atoms with van der Waals surface area (Å²) in [6.07, 6.45) is 1.28. The number of nitrogens with one attached hydrogen (secondary N) is 1. The maximum Gasteiger partial charge on any atom is 0.325 e. The molecule has 0 aliphatic carbocycles. The zero-order chi connectivity index (χ0) is 26.4. The van der Waals surface area contributed by atoms with Crippen LogP contribution >= 0.6 is 18.9 Å². The van der Waals surface area contributed by atoms with Crippen LogP contribution in [0, 0.1) is 20.8 Å². The van der Waals surface area contributed by atoms with E-state index in [-0.39, 0.29) is 12.1 Å². The highest BCUT2D eigenvalue weighted by atomic mass is 32.1. The minimum atomic E-state index is -3.94. The molecule has 1 unspecified atom stereocenters. The van der Waals surface area contributed by atoms with E-state index in [9.17, 15) is 4.57 Å². The highest BCUT2D eigenvalue weighted by Crippen LogP contribution is 2.39. The van der Waals surface area contributed by atoms with Crippen molar-refractivity contribution in [3.8, 4) is 10.4 Å². The molecular formula is C31H36NO3PS. The number of rotatable bonds is 11. The molecule has 0 amide bonds. The van der Waals surface area contributed by atoms with E-state index in [2.05, 4.69) is 104 Å². The van der Waals surface area contributed by atoms with Gasteiger partial charge in [-0.05, 0) is 96.6 Å². The van der Waals surface area contributed by atoms with Crippen molar-refractivity contribution < 1.29 is 14.4 Å². The lowest BCUT2D eigenvalue weighted by atomic mass is 9.82. The molecule has 1 atom stereocenters. The Morgan fingerprint density at radius 1 is 0.892 bits per heavy atom. The quantitative estimate of drug-likeness (QED) is 0.139. The second kappa shape index (κ2) is 12.3. The van der Waals surface area contributed by atoms with Crippen LogP contribution in [0.5, 0.6) is 0 Å². The highest BCUT2D eigenvalue weighted by molar-refractivity contribution is 7.51. The first-order chi connectivity index (χ1) is 17.7. The van der Waals surface area contributed by atoms with Crippen molar-refractivity contribution in [2.24, 2.45) is 0 Å². The SMILES string of the molecule is Cc1cccc(C(Cc2ccc(C)c(C)c2)c2ccc(CNCCCP(=O)(O)O)cc2-c2cccs2)c1. The Morgan fingerprint density at radius 3 is 2.41 bits per heavy atom. The van der Waals surface area contributed by atoms with E-state index >= 15 is 0 Å². The molecule has 0 aliphatic heterocycles. The summed E-state index contributed by atoms with van der Waals surface area (Å²) >= 11 is 1.75. The van der Waals surface area contributed by atoms with E-state index in [0.29, 0.717) is 19.5 Å². The van der Waals surface area contributed by atoms with Gasteiger partial charge in [-0.25, -0.2) is 0 Å². The molecule has 0 fully saturated rings. The van der Waals surface area contributed by atoms with E-state index in [1.54, 1.807) is 11.3 Å². The molecule has 3 N–H and O–H groups in total. The van der Waals surface area contributed by atoms with E-state index in [1.165, 1.54) is 43.8 Å². The maximum absolute atomic E-state index is 11.1. The fraction of sp³-hybridized carbons (Fsp3) is 0.290. The summed E-state index contributed by atoms with van der Waals surface area (Å²) < 4.78 is 11.1. The average molecular weight is 534 g/mol. The predicted molar refractivity (Wildman–Crippen MR) is 156 cm³/mol. The van der Waals surface area contributed by atoms with Gasteiger partial charge in [0.15, 0.2) is 0 Å². The summed E-state index contributed by atoms with van der Waals surface area (Å²) in [5.41, 5.74) is 10.3. The average Bonchev–Trinajstić information content (AvgIpc) is 3.39. The maximum atomic E-state index is 11.1. The van der Waals surface area contributed by atoms with Gasteiger partial charge in [0, 0.05) is 17.3 Å². The Kier molecular flexibility index (Phi) is 9.17. The fourth-order valence-corrected chi connectivity index (χ4v) is 6.10. The second-order valence-electron chi connectivity index (χ2n) is 9.91. The lowest BCUT2D eigenvalue weighted by Gasteiger charge is -2.23. The molecule has 4 aromatic rings. The minimum Gasteiger partial charge on any atom is -0.324 e. The van der Waals surface area contributed by atoms with Crippen molar-refractivity contribution in [3.63, 3.8) is 0 Å². The number of benzene rings is 3. The van der Waals surface area contributed by atoms with Gasteiger partial charge in [0.25, 0.3) is 0 Å². The molecule has 1 heterocycles. The van der Waals surface area contributed by atoms with Crippen molar-refractivity contribution in [1.82, 2.24) is 5.32 Å². The molecule has 4 rings (SSSR count). The van der Waals surface area contributed by atoms with Gasteiger partial charge in [-0.15, -0.1) is 11.3 Å². The Hall–Kier alpha value is -2.53. The second-order valence-corrected chi connectivity index (χ2v) is 12.6. The van der Waals surface area contributed by atoms with Crippen LogP contribution < -0.4 is 5.32 Å². The van der Waals surface area contributed by atoms with Crippen molar-refractivity contribution >= 4 is 18.9 Å². The topological polar surface area (TPSA) is 69.6 Å². The van der Waals surface area contributed by atoms with Crippen LogP contribution in [0.25, 0.3) is 10.4 Å². The van der Waals surface area contributed by atoms with E-state index in [4.69, 9.17) is 9.79 Å². The summed E-state index contributed by atoms with van der Waals surface area (Å²) in [4.78, 5) is 19.4. The molecule has 194 valence electrons. The zero-order valence-electron chi connectivity index (χ0n) is 21.8. The summed E-state index contributed by atoms with van der Waals surface area (Å²) in [5, 5.41) is 5.47. The van der Waals surface area contributed by atoms with Crippen LogP contribution in [0.15, 0.2) is 78.2 Å². The van der Waals surface area contributed by atoms with Crippen LogP contribution in [0.4, 0.5) is 0 Å². The summed E-state index contributed by atoms with van der Waals surface area (Å²) in [6.45, 7) is 7.72. The molecule has 0 saturated carbocycles. The largest absolute Gasteiger partial charge is 0.325 e. The molecule has 0 aliphatic rings. The molecule has 0 spiro atoms. The van der Waals surface area contributed by atoms with Gasteiger partial charge in [0.1, 0.15) is 0 Å². The van der Waals surface area contributed by atoms with Gasteiger partial charge >= 0.3 is 7.60 Å². The molecule has 0 bridgehead atoms. The normalized spacial score (nSPS) is 12.6. The van der Waals surface area contributed by atoms with Gasteiger partial charge < -0.3 is 15.1 Å². The number of thiophene rings is 1. The third-order valence-corrected chi connectivity index (χ3v) is 8.67. The van der Waals surface area contributed by atoms with E-state index in [0.717, 1.165) is 12.0 Å². The molecule has 0 radical (unpaired) electrons. The zero-order valence-corrected chi connectivity index (χ0v) is 23.5. The molecule has 37 heavy (non-hydrogen) atoms. The van der Waals surface area contributed by atoms with Crippen LogP contribution in [0.1, 0.15) is 51.3 Å². The van der Waals surface area contributed by atoms with Gasteiger partial charge in [-0.3, -0.25) is 4.57 Å². The van der Waals surface area contributed by atoms with E-state index in [1.807, 2.05) is 0 Å². The molecule has 6 heteroatoms. The fourth-order valence-electron chi connectivity index (χ4n) is 4.77. The first kappa shape index (κ1) is 27.5. The number of aryl methyl sites for hydroxylation is 3. The van der Waals surface area contributed by atoms with Crippen molar-refractivity contribution in [1.29, 1.82) is 0 Å². The lowest BCUT2D eigenvalue weighted by Crippen LogP contribution is -2.16. The van der Waals surface area contributed by atoms with Crippen LogP contribution in [-0.4, -0.2) is 22.5 Å². The van der Waals surface area contributed by atoms with Crippen LogP contribution in [-0.2, 0) is 17.5 Å². The van der Waals surface area contributed by atoms with Crippen LogP contribution in [0.3, 0.4) is 0 Å². The Labute approximate surface area is 224 Å². The molecule has 0 saturated heterocycles. The van der Waals surface area contributed by atoms with Crippen molar-refractivity contribution in [2.45, 2.75) is 46.1 Å². The number of hydrogen-bond acceptors (Lipinski definition) is 3. The first-order valence-corrected chi connectivity index (χ1v) is 15.4. The third-order valence-electron chi connectivity index (χ3n) is 6.87. The standard InChI is InChI=1S/C31H36NO3PS/c1-22-7-4-8-27(17-22)29(19-25-11-10-23(2)24(3)18-25)28-13-12-26(20-30(28)31-9-5-16-37-31)21-32-14-6-15-36(33,34)35/h4-5,7-13,16-18,20,29,32H,6,14-15,19,21H2,1-3H3,(H2,33,34,35). The number of hydrogen-bond donors (Lipinski definition) is 3. The van der Waals surface area contributed by atoms with Crippen molar-refractivity contribution in [3.05, 3.63) is 117 Å². The van der Waals surface area contributed by atoms with Gasteiger partial charge in [0.2, 0.25) is 0 Å². The van der Waals surface area contributed by atoms with Crippen molar-refractivity contribution in [2.75, 3.05) is 12.7 Å². The molecule has 4 nitrogen and oxygen atoms in total. The molecular weight excluding hydrogens is 497 g/mol. The Balaban J connectivity index is 1.67. The Morgan fingerprint density at radius 2 is 1.70 bits per heavy atom. The van der Waals surface area contributed by atoms with Crippen LogP contribution in [0.2, 0.25) is 0 Å². The van der Waals surface area contributed by atoms with E-state index < -0.39 is 7.60 Å².